The minimum atomic E-state index is -0.710. The van der Waals surface area contributed by atoms with Crippen molar-refractivity contribution in [2.24, 2.45) is 5.92 Å². The Morgan fingerprint density at radius 3 is 2.13 bits per heavy atom. The number of hydrogen-bond acceptors (Lipinski definition) is 6. The van der Waals surface area contributed by atoms with Gasteiger partial charge in [0.15, 0.2) is 5.78 Å². The van der Waals surface area contributed by atoms with E-state index >= 15 is 0 Å². The maximum atomic E-state index is 12.4. The molecule has 0 saturated carbocycles. The molecular weight excluding hydrogens is 388 g/mol. The molecule has 2 rings (SSSR count). The fraction of sp³-hybridized carbons (Fsp3) is 0.409. The van der Waals surface area contributed by atoms with E-state index < -0.39 is 29.7 Å². The van der Waals surface area contributed by atoms with Crippen molar-refractivity contribution in [2.45, 2.75) is 45.8 Å². The minimum absolute atomic E-state index is 0.0121. The number of rotatable bonds is 11. The van der Waals surface area contributed by atoms with Gasteiger partial charge in [0.2, 0.25) is 5.91 Å². The molecule has 0 saturated heterocycles. The quantitative estimate of drug-likeness (QED) is 0.515. The molecule has 1 aromatic carbocycles. The number of hydrogen-bond donors (Lipinski definition) is 2. The molecule has 2 N–H and O–H groups in total. The number of benzene rings is 1. The second-order valence-corrected chi connectivity index (χ2v) is 7.40. The summed E-state index contributed by atoms with van der Waals surface area (Å²) in [6.45, 7) is 3.10. The molecule has 1 heterocycles. The van der Waals surface area contributed by atoms with Crippen molar-refractivity contribution in [3.63, 3.8) is 0 Å². The lowest BCUT2D eigenvalue weighted by atomic mass is 10.00. The maximum Gasteiger partial charge on any atom is 0.253 e. The van der Waals surface area contributed by atoms with Crippen molar-refractivity contribution >= 4 is 29.3 Å². The van der Waals surface area contributed by atoms with Gasteiger partial charge in [0, 0.05) is 43.9 Å². The Morgan fingerprint density at radius 2 is 1.57 bits per heavy atom. The van der Waals surface area contributed by atoms with E-state index in [-0.39, 0.29) is 44.0 Å². The Labute approximate surface area is 174 Å². The van der Waals surface area contributed by atoms with Crippen LogP contribution in [0.3, 0.4) is 0 Å². The molecule has 8 nitrogen and oxygen atoms in total. The molecule has 30 heavy (non-hydrogen) atoms. The molecule has 3 amide bonds. The number of aliphatic hydroxyl groups excluding tert-OH is 1. The lowest BCUT2D eigenvalue weighted by molar-refractivity contribution is -0.137. The van der Waals surface area contributed by atoms with Crippen molar-refractivity contribution in [1.29, 1.82) is 0 Å². The molecular formula is C22H26N2O6. The fourth-order valence-electron chi connectivity index (χ4n) is 2.98. The lowest BCUT2D eigenvalue weighted by Crippen LogP contribution is -2.42. The molecule has 0 fully saturated rings. The number of carbonyl (C=O) groups is 5. The molecule has 1 aliphatic rings. The van der Waals surface area contributed by atoms with Gasteiger partial charge < -0.3 is 10.4 Å². The zero-order valence-electron chi connectivity index (χ0n) is 17.1. The van der Waals surface area contributed by atoms with E-state index in [0.717, 1.165) is 28.2 Å². The van der Waals surface area contributed by atoms with Crippen LogP contribution in [0, 0.1) is 5.92 Å². The highest BCUT2D eigenvalue weighted by Gasteiger charge is 2.25. The molecule has 160 valence electrons. The lowest BCUT2D eigenvalue weighted by Gasteiger charge is -2.17. The first kappa shape index (κ1) is 23.2. The third kappa shape index (κ3) is 6.45. The summed E-state index contributed by atoms with van der Waals surface area (Å²) >= 11 is 0. The summed E-state index contributed by atoms with van der Waals surface area (Å²) in [6, 6.07) is 6.27. The minimum Gasteiger partial charge on any atom is -0.392 e. The van der Waals surface area contributed by atoms with Crippen LogP contribution in [0.4, 0.5) is 0 Å². The van der Waals surface area contributed by atoms with Gasteiger partial charge in [-0.15, -0.1) is 0 Å². The van der Waals surface area contributed by atoms with Crippen molar-refractivity contribution in [3.05, 3.63) is 47.5 Å². The topological polar surface area (TPSA) is 121 Å². The molecule has 0 spiro atoms. The Morgan fingerprint density at radius 1 is 1.00 bits per heavy atom. The van der Waals surface area contributed by atoms with Gasteiger partial charge in [-0.1, -0.05) is 31.2 Å². The highest BCUT2D eigenvalue weighted by atomic mass is 16.3. The highest BCUT2D eigenvalue weighted by Crippen LogP contribution is 2.10. The van der Waals surface area contributed by atoms with Crippen LogP contribution >= 0.6 is 0 Å². The average Bonchev–Trinajstić information content (AvgIpc) is 3.04. The highest BCUT2D eigenvalue weighted by molar-refractivity contribution is 6.13. The van der Waals surface area contributed by atoms with Crippen LogP contribution in [-0.2, 0) is 37.0 Å². The first-order chi connectivity index (χ1) is 14.2. The van der Waals surface area contributed by atoms with E-state index in [9.17, 15) is 24.0 Å². The third-order valence-electron chi connectivity index (χ3n) is 4.92. The predicted molar refractivity (Wildman–Crippen MR) is 108 cm³/mol. The van der Waals surface area contributed by atoms with Crippen molar-refractivity contribution in [2.75, 3.05) is 6.54 Å². The van der Waals surface area contributed by atoms with Crippen LogP contribution in [-0.4, -0.2) is 51.9 Å². The van der Waals surface area contributed by atoms with Gasteiger partial charge >= 0.3 is 0 Å². The van der Waals surface area contributed by atoms with Crippen LogP contribution in [0.15, 0.2) is 36.4 Å². The number of Topliss-reactive ketones (excluding diaryl/α,β-unsaturated/α-hetero) is 2. The third-order valence-corrected chi connectivity index (χ3v) is 4.92. The van der Waals surface area contributed by atoms with Crippen molar-refractivity contribution in [3.8, 4) is 0 Å². The summed E-state index contributed by atoms with van der Waals surface area (Å²) in [4.78, 5) is 60.7. The summed E-state index contributed by atoms with van der Waals surface area (Å²) in [7, 11) is 0. The summed E-state index contributed by atoms with van der Waals surface area (Å²) in [5.74, 6) is -2.35. The maximum absolute atomic E-state index is 12.4. The Bertz CT molecular complexity index is 841. The van der Waals surface area contributed by atoms with E-state index in [1.165, 1.54) is 0 Å². The Hall–Kier alpha value is -3.13. The summed E-state index contributed by atoms with van der Waals surface area (Å²) in [6.07, 6.45) is 2.39. The number of ketones is 2. The SMILES string of the molecule is C[C@H](NC(=O)[C@@H](C)CC(=O)CCN1C(=O)C=CC1=O)C(=O)Cc1ccc(CO)cc1. The average molecular weight is 414 g/mol. The van der Waals surface area contributed by atoms with E-state index in [1.54, 1.807) is 38.1 Å². The molecule has 0 aliphatic carbocycles. The normalized spacial score (nSPS) is 15.2. The molecule has 1 aliphatic heterocycles. The van der Waals surface area contributed by atoms with Gasteiger partial charge in [0.05, 0.1) is 12.6 Å². The fourth-order valence-corrected chi connectivity index (χ4v) is 2.98. The Kier molecular flexibility index (Phi) is 8.17. The van der Waals surface area contributed by atoms with Gasteiger partial charge in [0.1, 0.15) is 5.78 Å². The van der Waals surface area contributed by atoms with E-state index in [0.29, 0.717) is 0 Å². The largest absolute Gasteiger partial charge is 0.392 e. The van der Waals surface area contributed by atoms with Gasteiger partial charge in [0.25, 0.3) is 11.8 Å². The van der Waals surface area contributed by atoms with Crippen LogP contribution in [0.2, 0.25) is 0 Å². The van der Waals surface area contributed by atoms with E-state index in [4.69, 9.17) is 5.11 Å². The number of amides is 3. The van der Waals surface area contributed by atoms with Gasteiger partial charge in [-0.25, -0.2) is 0 Å². The van der Waals surface area contributed by atoms with Gasteiger partial charge in [-0.05, 0) is 18.1 Å². The second-order valence-electron chi connectivity index (χ2n) is 7.40. The number of carbonyl (C=O) groups excluding carboxylic acids is 5. The van der Waals surface area contributed by atoms with Crippen LogP contribution in [0.5, 0.6) is 0 Å². The summed E-state index contributed by atoms with van der Waals surface area (Å²) in [5, 5.41) is 11.7. The molecule has 1 aromatic rings. The molecule has 2 atom stereocenters. The molecule has 0 aromatic heterocycles. The zero-order valence-corrected chi connectivity index (χ0v) is 17.1. The molecule has 0 bridgehead atoms. The number of aliphatic hydroxyl groups is 1. The number of imide groups is 1. The van der Waals surface area contributed by atoms with Crippen LogP contribution in [0.25, 0.3) is 0 Å². The summed E-state index contributed by atoms with van der Waals surface area (Å²) < 4.78 is 0. The Balaban J connectivity index is 1.76. The number of nitrogens with one attached hydrogen (secondary N) is 1. The predicted octanol–water partition coefficient (Wildman–Crippen LogP) is 0.706. The van der Waals surface area contributed by atoms with Crippen molar-refractivity contribution in [1.82, 2.24) is 10.2 Å². The first-order valence-corrected chi connectivity index (χ1v) is 9.78. The van der Waals surface area contributed by atoms with E-state index in [2.05, 4.69) is 5.32 Å². The number of nitrogens with zero attached hydrogens (tertiary/aromatic N) is 1. The molecule has 0 unspecified atom stereocenters. The summed E-state index contributed by atoms with van der Waals surface area (Å²) in [5.41, 5.74) is 1.53. The molecule has 8 heteroatoms. The van der Waals surface area contributed by atoms with E-state index in [1.807, 2.05) is 0 Å². The van der Waals surface area contributed by atoms with Crippen LogP contribution in [0.1, 0.15) is 37.8 Å². The van der Waals surface area contributed by atoms with Gasteiger partial charge in [-0.3, -0.25) is 28.9 Å². The van der Waals surface area contributed by atoms with Crippen molar-refractivity contribution < 1.29 is 29.1 Å². The van der Waals surface area contributed by atoms with Crippen LogP contribution < -0.4 is 5.32 Å². The standard InChI is InChI=1S/C22H26N2O6/c1-14(11-18(26)9-10-24-20(28)7-8-21(24)29)22(30)23-15(2)19(27)12-16-3-5-17(13-25)6-4-16/h3-8,14-15,25H,9-13H2,1-2H3,(H,23,30)/t14-,15-/m0/s1. The van der Waals surface area contributed by atoms with Gasteiger partial charge in [-0.2, -0.15) is 0 Å². The smallest absolute Gasteiger partial charge is 0.253 e. The first-order valence-electron chi connectivity index (χ1n) is 9.78. The molecule has 0 radical (unpaired) electrons. The second kappa shape index (κ2) is 10.6. The zero-order chi connectivity index (χ0) is 22.3. The monoisotopic (exact) mass is 414 g/mol.